The van der Waals surface area contributed by atoms with Crippen molar-refractivity contribution in [2.24, 2.45) is 0 Å². The lowest BCUT2D eigenvalue weighted by atomic mass is 10.1. The first kappa shape index (κ1) is 15.2. The van der Waals surface area contributed by atoms with E-state index in [4.69, 9.17) is 4.74 Å². The van der Waals surface area contributed by atoms with Crippen LogP contribution in [0.3, 0.4) is 0 Å². The first-order chi connectivity index (χ1) is 9.88. The van der Waals surface area contributed by atoms with Crippen molar-refractivity contribution in [2.75, 3.05) is 0 Å². The predicted octanol–water partition coefficient (Wildman–Crippen LogP) is 4.23. The number of ketones is 1. The molecule has 2 nitrogen and oxygen atoms in total. The molecule has 21 heavy (non-hydrogen) atoms. The summed E-state index contributed by atoms with van der Waals surface area (Å²) < 4.78 is 31.7. The number of Topliss-reactive ketones (excluding diaryl/α,β-unsaturated/α-hetero) is 1. The SMILES string of the molecule is Cc1ccc(OC(C)C(=O)c2ccc(F)c(F)c2)c(C)c1. The Hall–Kier alpha value is -2.23. The summed E-state index contributed by atoms with van der Waals surface area (Å²) in [5.74, 6) is -1.81. The molecule has 0 aliphatic carbocycles. The Morgan fingerprint density at radius 1 is 1.05 bits per heavy atom. The molecule has 2 rings (SSSR count). The van der Waals surface area contributed by atoms with E-state index in [1.807, 2.05) is 26.0 Å². The van der Waals surface area contributed by atoms with Gasteiger partial charge in [-0.25, -0.2) is 8.78 Å². The minimum atomic E-state index is -1.04. The van der Waals surface area contributed by atoms with E-state index < -0.39 is 23.5 Å². The summed E-state index contributed by atoms with van der Waals surface area (Å²) in [6, 6.07) is 8.70. The van der Waals surface area contributed by atoms with Crippen LogP contribution >= 0.6 is 0 Å². The maximum Gasteiger partial charge on any atom is 0.203 e. The van der Waals surface area contributed by atoms with Gasteiger partial charge in [0.05, 0.1) is 0 Å². The number of carbonyl (C=O) groups excluding carboxylic acids is 1. The number of halogens is 2. The molecule has 0 heterocycles. The number of ether oxygens (including phenoxy) is 1. The van der Waals surface area contributed by atoms with Crippen LogP contribution in [0.2, 0.25) is 0 Å². The maximum atomic E-state index is 13.2. The molecular formula is C17H16F2O2. The predicted molar refractivity (Wildman–Crippen MR) is 76.7 cm³/mol. The van der Waals surface area contributed by atoms with E-state index >= 15 is 0 Å². The fourth-order valence-corrected chi connectivity index (χ4v) is 2.06. The molecule has 0 bridgehead atoms. The molecule has 0 fully saturated rings. The molecule has 0 aliphatic rings. The summed E-state index contributed by atoms with van der Waals surface area (Å²) >= 11 is 0. The van der Waals surface area contributed by atoms with Crippen molar-refractivity contribution >= 4 is 5.78 Å². The topological polar surface area (TPSA) is 26.3 Å². The first-order valence-corrected chi connectivity index (χ1v) is 6.61. The van der Waals surface area contributed by atoms with Crippen LogP contribution in [0.15, 0.2) is 36.4 Å². The van der Waals surface area contributed by atoms with E-state index in [1.165, 1.54) is 6.07 Å². The fourth-order valence-electron chi connectivity index (χ4n) is 2.06. The van der Waals surface area contributed by atoms with Crippen molar-refractivity contribution in [1.82, 2.24) is 0 Å². The van der Waals surface area contributed by atoms with E-state index in [2.05, 4.69) is 0 Å². The van der Waals surface area contributed by atoms with Crippen molar-refractivity contribution in [3.05, 3.63) is 64.7 Å². The van der Waals surface area contributed by atoms with Crippen molar-refractivity contribution < 1.29 is 18.3 Å². The standard InChI is InChI=1S/C17H16F2O2/c1-10-4-7-16(11(2)8-10)21-12(3)17(20)13-5-6-14(18)15(19)9-13/h4-9,12H,1-3H3. The zero-order valence-corrected chi connectivity index (χ0v) is 12.1. The highest BCUT2D eigenvalue weighted by atomic mass is 19.2. The average molecular weight is 290 g/mol. The largest absolute Gasteiger partial charge is 0.482 e. The number of benzene rings is 2. The third-order valence-corrected chi connectivity index (χ3v) is 3.21. The highest BCUT2D eigenvalue weighted by molar-refractivity contribution is 5.99. The van der Waals surface area contributed by atoms with E-state index in [1.54, 1.807) is 13.0 Å². The van der Waals surface area contributed by atoms with Crippen LogP contribution in [0.25, 0.3) is 0 Å². The third kappa shape index (κ3) is 3.45. The van der Waals surface area contributed by atoms with Gasteiger partial charge in [0.15, 0.2) is 17.7 Å². The minimum Gasteiger partial charge on any atom is -0.482 e. The van der Waals surface area contributed by atoms with Crippen LogP contribution in [-0.2, 0) is 0 Å². The van der Waals surface area contributed by atoms with Gasteiger partial charge in [0.2, 0.25) is 5.78 Å². The molecule has 0 spiro atoms. The van der Waals surface area contributed by atoms with E-state index in [0.29, 0.717) is 5.75 Å². The van der Waals surface area contributed by atoms with Crippen LogP contribution in [0.4, 0.5) is 8.78 Å². The highest BCUT2D eigenvalue weighted by Crippen LogP contribution is 2.21. The molecule has 0 saturated carbocycles. The zero-order chi connectivity index (χ0) is 15.6. The van der Waals surface area contributed by atoms with Crippen molar-refractivity contribution in [3.8, 4) is 5.75 Å². The summed E-state index contributed by atoms with van der Waals surface area (Å²) in [6.07, 6.45) is -0.781. The maximum absolute atomic E-state index is 13.2. The van der Waals surface area contributed by atoms with Crippen LogP contribution in [-0.4, -0.2) is 11.9 Å². The molecule has 1 atom stereocenters. The molecule has 0 saturated heterocycles. The number of carbonyl (C=O) groups is 1. The second-order valence-corrected chi connectivity index (χ2v) is 5.02. The van der Waals surface area contributed by atoms with Gasteiger partial charge < -0.3 is 4.74 Å². The van der Waals surface area contributed by atoms with Gasteiger partial charge in [-0.2, -0.15) is 0 Å². The number of hydrogen-bond acceptors (Lipinski definition) is 2. The third-order valence-electron chi connectivity index (χ3n) is 3.21. The fraction of sp³-hybridized carbons (Fsp3) is 0.235. The molecule has 0 N–H and O–H groups in total. The van der Waals surface area contributed by atoms with Gasteiger partial charge in [-0.05, 0) is 50.6 Å². The van der Waals surface area contributed by atoms with E-state index in [0.717, 1.165) is 23.3 Å². The number of rotatable bonds is 4. The van der Waals surface area contributed by atoms with Crippen molar-refractivity contribution in [1.29, 1.82) is 0 Å². The zero-order valence-electron chi connectivity index (χ0n) is 12.1. The molecule has 4 heteroatoms. The summed E-state index contributed by atoms with van der Waals surface area (Å²) in [7, 11) is 0. The lowest BCUT2D eigenvalue weighted by molar-refractivity contribution is 0.0816. The van der Waals surface area contributed by atoms with Gasteiger partial charge in [-0.1, -0.05) is 17.7 Å². The second kappa shape index (κ2) is 6.04. The van der Waals surface area contributed by atoms with Crippen molar-refractivity contribution in [3.63, 3.8) is 0 Å². The Labute approximate surface area is 122 Å². The van der Waals surface area contributed by atoms with Gasteiger partial charge in [0.25, 0.3) is 0 Å². The molecule has 2 aromatic carbocycles. The lowest BCUT2D eigenvalue weighted by Gasteiger charge is -2.16. The Kier molecular flexibility index (Phi) is 4.36. The van der Waals surface area contributed by atoms with Crippen LogP contribution < -0.4 is 4.74 Å². The Morgan fingerprint density at radius 3 is 2.38 bits per heavy atom. The molecule has 110 valence electrons. The van der Waals surface area contributed by atoms with E-state index in [-0.39, 0.29) is 5.56 Å². The molecule has 1 unspecified atom stereocenters. The lowest BCUT2D eigenvalue weighted by Crippen LogP contribution is -2.24. The normalized spacial score (nSPS) is 12.0. The van der Waals surface area contributed by atoms with Crippen LogP contribution in [0, 0.1) is 25.5 Å². The Balaban J connectivity index is 2.17. The summed E-state index contributed by atoms with van der Waals surface area (Å²) in [5.41, 5.74) is 2.10. The van der Waals surface area contributed by atoms with Gasteiger partial charge in [-0.3, -0.25) is 4.79 Å². The number of aryl methyl sites for hydroxylation is 2. The minimum absolute atomic E-state index is 0.0890. The summed E-state index contributed by atoms with van der Waals surface area (Å²) in [5, 5.41) is 0. The molecule has 0 radical (unpaired) electrons. The molecular weight excluding hydrogens is 274 g/mol. The van der Waals surface area contributed by atoms with Crippen molar-refractivity contribution in [2.45, 2.75) is 26.9 Å². The molecule has 0 amide bonds. The van der Waals surface area contributed by atoms with Gasteiger partial charge in [0.1, 0.15) is 5.75 Å². The summed E-state index contributed by atoms with van der Waals surface area (Å²) in [6.45, 7) is 5.44. The highest BCUT2D eigenvalue weighted by Gasteiger charge is 2.19. The van der Waals surface area contributed by atoms with Gasteiger partial charge in [-0.15, -0.1) is 0 Å². The first-order valence-electron chi connectivity index (χ1n) is 6.61. The molecule has 2 aromatic rings. The van der Waals surface area contributed by atoms with Crippen LogP contribution in [0.1, 0.15) is 28.4 Å². The number of hydrogen-bond donors (Lipinski definition) is 0. The van der Waals surface area contributed by atoms with Gasteiger partial charge in [0, 0.05) is 5.56 Å². The molecule has 0 aliphatic heterocycles. The second-order valence-electron chi connectivity index (χ2n) is 5.02. The quantitative estimate of drug-likeness (QED) is 0.788. The van der Waals surface area contributed by atoms with E-state index in [9.17, 15) is 13.6 Å². The Morgan fingerprint density at radius 2 is 1.76 bits per heavy atom. The smallest absolute Gasteiger partial charge is 0.203 e. The molecule has 0 aromatic heterocycles. The van der Waals surface area contributed by atoms with Gasteiger partial charge >= 0.3 is 0 Å². The average Bonchev–Trinajstić information content (AvgIpc) is 2.44. The Bertz CT molecular complexity index is 680. The summed E-state index contributed by atoms with van der Waals surface area (Å²) in [4.78, 5) is 12.2. The monoisotopic (exact) mass is 290 g/mol. The van der Waals surface area contributed by atoms with Crippen LogP contribution in [0.5, 0.6) is 5.75 Å².